The van der Waals surface area contributed by atoms with E-state index in [-0.39, 0.29) is 38.3 Å². The first-order valence-corrected chi connectivity index (χ1v) is 11.0. The molecular formula is C21H33N5O8. The van der Waals surface area contributed by atoms with E-state index in [0.29, 0.717) is 0 Å². The molecule has 2 N–H and O–H groups in total. The smallest absolute Gasteiger partial charge is 0.408 e. The third-order valence-corrected chi connectivity index (χ3v) is 5.52. The minimum absolute atomic E-state index is 0.0462. The van der Waals surface area contributed by atoms with Gasteiger partial charge in [-0.2, -0.15) is 0 Å². The predicted octanol–water partition coefficient (Wildman–Crippen LogP) is -1.19. The largest absolute Gasteiger partial charge is 0.444 e. The first-order valence-electron chi connectivity index (χ1n) is 11.0. The second kappa shape index (κ2) is 10.9. The summed E-state index contributed by atoms with van der Waals surface area (Å²) in [5, 5.41) is 4.56. The summed E-state index contributed by atoms with van der Waals surface area (Å²) < 4.78 is 10.1. The molecule has 2 rings (SSSR count). The van der Waals surface area contributed by atoms with Crippen molar-refractivity contribution in [3.05, 3.63) is 0 Å². The Labute approximate surface area is 198 Å². The molecule has 2 saturated heterocycles. The number of nitrogens with one attached hydrogen (secondary N) is 2. The van der Waals surface area contributed by atoms with Gasteiger partial charge >= 0.3 is 12.1 Å². The van der Waals surface area contributed by atoms with Crippen LogP contribution in [0.1, 0.15) is 41.5 Å². The van der Waals surface area contributed by atoms with Crippen molar-refractivity contribution in [2.75, 3.05) is 32.9 Å². The topological polar surface area (TPSA) is 155 Å². The Morgan fingerprint density at radius 1 is 0.912 bits per heavy atom. The van der Waals surface area contributed by atoms with Crippen LogP contribution in [0.2, 0.25) is 0 Å². The molecular weight excluding hydrogens is 450 g/mol. The lowest BCUT2D eigenvalue weighted by molar-refractivity contribution is -0.166. The lowest BCUT2D eigenvalue weighted by Crippen LogP contribution is -2.62. The van der Waals surface area contributed by atoms with Gasteiger partial charge in [-0.1, -0.05) is 0 Å². The summed E-state index contributed by atoms with van der Waals surface area (Å²) in [6, 6.07) is -1.64. The summed E-state index contributed by atoms with van der Waals surface area (Å²) in [6.07, 6.45) is -0.797. The minimum atomic E-state index is -1.05. The molecule has 2 aliphatic rings. The lowest BCUT2D eigenvalue weighted by atomic mass is 10.1. The Bertz CT molecular complexity index is 821. The van der Waals surface area contributed by atoms with Crippen molar-refractivity contribution >= 4 is 35.7 Å². The van der Waals surface area contributed by atoms with Gasteiger partial charge in [0.05, 0.1) is 26.2 Å². The second-order valence-corrected chi connectivity index (χ2v) is 9.44. The van der Waals surface area contributed by atoms with Crippen molar-refractivity contribution in [2.45, 2.75) is 65.3 Å². The summed E-state index contributed by atoms with van der Waals surface area (Å²) in [7, 11) is 0. The van der Waals surface area contributed by atoms with Crippen LogP contribution in [0.25, 0.3) is 0 Å². The van der Waals surface area contributed by atoms with E-state index in [2.05, 4.69) is 10.6 Å². The number of esters is 1. The maximum absolute atomic E-state index is 12.6. The standard InChI is InChI=1S/C21H33N5O8/c1-12(22-20(32)34-21(4,5)6)19(31)33-11-26-17(29)9-25(10-18(26)30)14(3)13(2)24-7-15(27)23-16(28)8-24/h12-14H,7-11H2,1-6H3,(H,22,32)(H,23,27,28). The van der Waals surface area contributed by atoms with E-state index >= 15 is 0 Å². The molecule has 3 unspecified atom stereocenters. The van der Waals surface area contributed by atoms with Crippen LogP contribution in [-0.2, 0) is 33.4 Å². The molecule has 0 radical (unpaired) electrons. The van der Waals surface area contributed by atoms with Gasteiger partial charge in [0.2, 0.25) is 23.6 Å². The van der Waals surface area contributed by atoms with Gasteiger partial charge in [-0.15, -0.1) is 0 Å². The minimum Gasteiger partial charge on any atom is -0.444 e. The highest BCUT2D eigenvalue weighted by Crippen LogP contribution is 2.16. The number of rotatable bonds is 7. The number of imide groups is 2. The Hall–Kier alpha value is -3.06. The third-order valence-electron chi connectivity index (χ3n) is 5.52. The van der Waals surface area contributed by atoms with Gasteiger partial charge in [0, 0.05) is 12.1 Å². The molecule has 0 saturated carbocycles. The van der Waals surface area contributed by atoms with E-state index in [1.165, 1.54) is 6.92 Å². The summed E-state index contributed by atoms with van der Waals surface area (Å²) in [5.74, 6) is -2.73. The second-order valence-electron chi connectivity index (χ2n) is 9.44. The Kier molecular flexibility index (Phi) is 8.72. The first-order chi connectivity index (χ1) is 15.7. The van der Waals surface area contributed by atoms with E-state index in [0.717, 1.165) is 4.90 Å². The molecule has 0 spiro atoms. The van der Waals surface area contributed by atoms with Gasteiger partial charge in [0.1, 0.15) is 11.6 Å². The van der Waals surface area contributed by atoms with Gasteiger partial charge in [-0.05, 0) is 41.5 Å². The number of piperazine rings is 2. The first kappa shape index (κ1) is 27.2. The van der Waals surface area contributed by atoms with Crippen molar-refractivity contribution in [3.63, 3.8) is 0 Å². The quantitative estimate of drug-likeness (QED) is 0.333. The Balaban J connectivity index is 1.87. The van der Waals surface area contributed by atoms with E-state index in [9.17, 15) is 28.8 Å². The average Bonchev–Trinajstić information content (AvgIpc) is 2.69. The van der Waals surface area contributed by atoms with Crippen molar-refractivity contribution in [2.24, 2.45) is 0 Å². The lowest BCUT2D eigenvalue weighted by Gasteiger charge is -2.41. The fourth-order valence-corrected chi connectivity index (χ4v) is 3.50. The van der Waals surface area contributed by atoms with Crippen LogP contribution in [0.4, 0.5) is 4.79 Å². The molecule has 0 aliphatic carbocycles. The van der Waals surface area contributed by atoms with Crippen LogP contribution in [0.5, 0.6) is 0 Å². The highest BCUT2D eigenvalue weighted by Gasteiger charge is 2.38. The number of nitrogens with zero attached hydrogens (tertiary/aromatic N) is 3. The van der Waals surface area contributed by atoms with Gasteiger partial charge in [-0.3, -0.25) is 34.3 Å². The zero-order chi connectivity index (χ0) is 25.8. The summed E-state index contributed by atoms with van der Waals surface area (Å²) in [6.45, 7) is 9.36. The van der Waals surface area contributed by atoms with E-state index < -0.39 is 54.1 Å². The molecule has 0 aromatic carbocycles. The average molecular weight is 484 g/mol. The molecule has 0 aromatic rings. The number of amides is 5. The predicted molar refractivity (Wildman–Crippen MR) is 117 cm³/mol. The fraction of sp³-hybridized carbons (Fsp3) is 0.714. The number of hydrogen-bond donors (Lipinski definition) is 2. The molecule has 190 valence electrons. The normalized spacial score (nSPS) is 20.9. The van der Waals surface area contributed by atoms with Crippen molar-refractivity contribution in [1.82, 2.24) is 25.3 Å². The van der Waals surface area contributed by atoms with Crippen LogP contribution in [0.3, 0.4) is 0 Å². The molecule has 0 aromatic heterocycles. The zero-order valence-corrected chi connectivity index (χ0v) is 20.4. The molecule has 13 nitrogen and oxygen atoms in total. The van der Waals surface area contributed by atoms with E-state index in [4.69, 9.17) is 9.47 Å². The highest BCUT2D eigenvalue weighted by molar-refractivity contribution is 6.00. The van der Waals surface area contributed by atoms with Gasteiger partial charge in [0.25, 0.3) is 0 Å². The molecule has 0 bridgehead atoms. The molecule has 2 fully saturated rings. The Morgan fingerprint density at radius 2 is 1.38 bits per heavy atom. The number of hydrogen-bond acceptors (Lipinski definition) is 10. The van der Waals surface area contributed by atoms with Crippen molar-refractivity contribution < 1.29 is 38.2 Å². The van der Waals surface area contributed by atoms with Crippen LogP contribution in [0, 0.1) is 0 Å². The zero-order valence-electron chi connectivity index (χ0n) is 20.4. The molecule has 3 atom stereocenters. The number of ether oxygens (including phenoxy) is 2. The SMILES string of the molecule is CC(NC(=O)OC(C)(C)C)C(=O)OCN1C(=O)CN(C(C)C(C)N2CC(=O)NC(=O)C2)CC1=O. The molecule has 2 aliphatic heterocycles. The fourth-order valence-electron chi connectivity index (χ4n) is 3.50. The van der Waals surface area contributed by atoms with Gasteiger partial charge in [0.15, 0.2) is 6.73 Å². The maximum atomic E-state index is 12.6. The molecule has 5 amide bonds. The Morgan fingerprint density at radius 3 is 1.85 bits per heavy atom. The van der Waals surface area contributed by atoms with Crippen LogP contribution in [-0.4, -0.2) is 107 Å². The summed E-state index contributed by atoms with van der Waals surface area (Å²) in [5.41, 5.74) is -0.739. The van der Waals surface area contributed by atoms with E-state index in [1.54, 1.807) is 30.6 Å². The number of carbonyl (C=O) groups excluding carboxylic acids is 6. The van der Waals surface area contributed by atoms with Gasteiger partial charge in [-0.25, -0.2) is 14.5 Å². The monoisotopic (exact) mass is 483 g/mol. The third kappa shape index (κ3) is 7.48. The van der Waals surface area contributed by atoms with Crippen molar-refractivity contribution in [3.8, 4) is 0 Å². The molecule has 2 heterocycles. The summed E-state index contributed by atoms with van der Waals surface area (Å²) >= 11 is 0. The number of carbonyl (C=O) groups is 6. The van der Waals surface area contributed by atoms with Crippen molar-refractivity contribution in [1.29, 1.82) is 0 Å². The maximum Gasteiger partial charge on any atom is 0.408 e. The van der Waals surface area contributed by atoms with E-state index in [1.807, 2.05) is 13.8 Å². The summed E-state index contributed by atoms with van der Waals surface area (Å²) in [4.78, 5) is 76.6. The molecule has 34 heavy (non-hydrogen) atoms. The van der Waals surface area contributed by atoms with Crippen LogP contribution in [0.15, 0.2) is 0 Å². The van der Waals surface area contributed by atoms with Gasteiger partial charge < -0.3 is 14.8 Å². The number of alkyl carbamates (subject to hydrolysis) is 1. The molecule has 13 heteroatoms. The van der Waals surface area contributed by atoms with Crippen LogP contribution >= 0.6 is 0 Å². The van der Waals surface area contributed by atoms with Crippen LogP contribution < -0.4 is 10.6 Å². The highest BCUT2D eigenvalue weighted by atomic mass is 16.6.